The molecule has 0 aliphatic heterocycles. The van der Waals surface area contributed by atoms with Gasteiger partial charge in [-0.25, -0.2) is 4.39 Å². The first-order chi connectivity index (χ1) is 6.93. The number of benzene rings is 1. The SMILES string of the molecule is CC(C)C(C(=O)O)c1ccc(Br)c(F)c1. The van der Waals surface area contributed by atoms with Crippen LogP contribution in [0.5, 0.6) is 0 Å². The summed E-state index contributed by atoms with van der Waals surface area (Å²) in [5.41, 5.74) is 0.498. The zero-order chi connectivity index (χ0) is 11.6. The van der Waals surface area contributed by atoms with Gasteiger partial charge in [0, 0.05) is 0 Å². The van der Waals surface area contributed by atoms with Gasteiger partial charge >= 0.3 is 5.97 Å². The van der Waals surface area contributed by atoms with Gasteiger partial charge in [0.05, 0.1) is 10.4 Å². The molecule has 0 radical (unpaired) electrons. The fraction of sp³-hybridized carbons (Fsp3) is 0.364. The Kier molecular flexibility index (Phi) is 3.85. The lowest BCUT2D eigenvalue weighted by molar-refractivity contribution is -0.139. The van der Waals surface area contributed by atoms with Crippen LogP contribution in [0.3, 0.4) is 0 Å². The number of aliphatic carboxylic acids is 1. The fourth-order valence-electron chi connectivity index (χ4n) is 1.52. The summed E-state index contributed by atoms with van der Waals surface area (Å²) >= 11 is 3.03. The maximum atomic E-state index is 13.2. The van der Waals surface area contributed by atoms with Crippen molar-refractivity contribution in [1.29, 1.82) is 0 Å². The Bertz CT molecular complexity index is 377. The lowest BCUT2D eigenvalue weighted by Crippen LogP contribution is -2.17. The molecule has 0 aromatic heterocycles. The van der Waals surface area contributed by atoms with E-state index in [1.54, 1.807) is 19.9 Å². The quantitative estimate of drug-likeness (QED) is 0.917. The molecular formula is C11H12BrFO2. The molecule has 82 valence electrons. The van der Waals surface area contributed by atoms with Crippen LogP contribution in [-0.2, 0) is 4.79 Å². The predicted molar refractivity (Wildman–Crippen MR) is 59.3 cm³/mol. The highest BCUT2D eigenvalue weighted by molar-refractivity contribution is 9.10. The van der Waals surface area contributed by atoms with E-state index in [9.17, 15) is 9.18 Å². The highest BCUT2D eigenvalue weighted by Crippen LogP contribution is 2.27. The van der Waals surface area contributed by atoms with Crippen LogP contribution in [0, 0.1) is 11.7 Å². The standard InChI is InChI=1S/C11H12BrFO2/c1-6(2)10(11(14)15)7-3-4-8(12)9(13)5-7/h3-6,10H,1-2H3,(H,14,15). The molecular weight excluding hydrogens is 263 g/mol. The molecule has 0 aliphatic carbocycles. The number of halogens is 2. The normalized spacial score (nSPS) is 12.9. The van der Waals surface area contributed by atoms with Crippen molar-refractivity contribution < 1.29 is 14.3 Å². The predicted octanol–water partition coefficient (Wildman–Crippen LogP) is 3.41. The molecule has 1 aromatic carbocycles. The molecule has 1 unspecified atom stereocenters. The van der Waals surface area contributed by atoms with Crippen molar-refractivity contribution in [3.63, 3.8) is 0 Å². The molecule has 0 bridgehead atoms. The third-order valence-electron chi connectivity index (χ3n) is 2.24. The average Bonchev–Trinajstić information content (AvgIpc) is 2.10. The van der Waals surface area contributed by atoms with Crippen LogP contribution in [0.25, 0.3) is 0 Å². The number of rotatable bonds is 3. The van der Waals surface area contributed by atoms with Crippen LogP contribution in [0.1, 0.15) is 25.3 Å². The van der Waals surface area contributed by atoms with Crippen LogP contribution in [0.2, 0.25) is 0 Å². The van der Waals surface area contributed by atoms with Crippen molar-refractivity contribution in [2.75, 3.05) is 0 Å². The lowest BCUT2D eigenvalue weighted by atomic mass is 9.88. The Morgan fingerprint density at radius 2 is 2.07 bits per heavy atom. The van der Waals surface area contributed by atoms with Gasteiger partial charge in [-0.15, -0.1) is 0 Å². The summed E-state index contributed by atoms with van der Waals surface area (Å²) in [5.74, 6) is -2.08. The van der Waals surface area contributed by atoms with Gasteiger partial charge < -0.3 is 5.11 Å². The number of carbonyl (C=O) groups is 1. The van der Waals surface area contributed by atoms with E-state index in [0.717, 1.165) is 0 Å². The number of hydrogen-bond donors (Lipinski definition) is 1. The van der Waals surface area contributed by atoms with Crippen LogP contribution in [0.4, 0.5) is 4.39 Å². The van der Waals surface area contributed by atoms with Crippen molar-refractivity contribution in [1.82, 2.24) is 0 Å². The van der Waals surface area contributed by atoms with E-state index in [1.807, 2.05) is 0 Å². The van der Waals surface area contributed by atoms with Gasteiger partial charge in [0.25, 0.3) is 0 Å². The minimum atomic E-state index is -0.924. The number of carboxylic acid groups (broad SMARTS) is 1. The Morgan fingerprint density at radius 1 is 1.47 bits per heavy atom. The zero-order valence-electron chi connectivity index (χ0n) is 8.50. The summed E-state index contributed by atoms with van der Waals surface area (Å²) in [6.07, 6.45) is 0. The van der Waals surface area contributed by atoms with E-state index < -0.39 is 17.7 Å². The molecule has 0 spiro atoms. The molecule has 0 heterocycles. The summed E-state index contributed by atoms with van der Waals surface area (Å²) in [6, 6.07) is 4.43. The third kappa shape index (κ3) is 2.78. The number of hydrogen-bond acceptors (Lipinski definition) is 1. The Morgan fingerprint density at radius 3 is 2.47 bits per heavy atom. The van der Waals surface area contributed by atoms with Crippen LogP contribution >= 0.6 is 15.9 Å². The van der Waals surface area contributed by atoms with Gasteiger partial charge in [0.15, 0.2) is 0 Å². The third-order valence-corrected chi connectivity index (χ3v) is 2.88. The molecule has 1 N–H and O–H groups in total. The van der Waals surface area contributed by atoms with E-state index in [2.05, 4.69) is 15.9 Å². The minimum Gasteiger partial charge on any atom is -0.481 e. The van der Waals surface area contributed by atoms with Gasteiger partial charge in [0.2, 0.25) is 0 Å². The monoisotopic (exact) mass is 274 g/mol. The topological polar surface area (TPSA) is 37.3 Å². The fourth-order valence-corrected chi connectivity index (χ4v) is 1.77. The molecule has 1 aromatic rings. The second kappa shape index (κ2) is 4.75. The molecule has 0 aliphatic rings. The van der Waals surface area contributed by atoms with Gasteiger partial charge in [-0.2, -0.15) is 0 Å². The van der Waals surface area contributed by atoms with E-state index in [0.29, 0.717) is 10.0 Å². The summed E-state index contributed by atoms with van der Waals surface area (Å²) in [4.78, 5) is 11.0. The van der Waals surface area contributed by atoms with Gasteiger partial charge in [0.1, 0.15) is 5.82 Å². The first-order valence-corrected chi connectivity index (χ1v) is 5.40. The minimum absolute atomic E-state index is 0.0666. The van der Waals surface area contributed by atoms with E-state index >= 15 is 0 Å². The Hall–Kier alpha value is -0.900. The molecule has 1 rings (SSSR count). The molecule has 1 atom stereocenters. The van der Waals surface area contributed by atoms with E-state index in [1.165, 1.54) is 12.1 Å². The van der Waals surface area contributed by atoms with Crippen molar-refractivity contribution >= 4 is 21.9 Å². The van der Waals surface area contributed by atoms with Gasteiger partial charge in [-0.3, -0.25) is 4.79 Å². The van der Waals surface area contributed by atoms with Crippen molar-refractivity contribution in [3.8, 4) is 0 Å². The second-order valence-corrected chi connectivity index (χ2v) is 4.59. The maximum absolute atomic E-state index is 13.2. The van der Waals surface area contributed by atoms with Crippen molar-refractivity contribution in [3.05, 3.63) is 34.1 Å². The Labute approximate surface area is 96.2 Å². The second-order valence-electron chi connectivity index (χ2n) is 3.73. The lowest BCUT2D eigenvalue weighted by Gasteiger charge is -2.16. The van der Waals surface area contributed by atoms with Gasteiger partial charge in [-0.1, -0.05) is 19.9 Å². The smallest absolute Gasteiger partial charge is 0.311 e. The van der Waals surface area contributed by atoms with E-state index in [-0.39, 0.29) is 5.92 Å². The molecule has 0 fully saturated rings. The maximum Gasteiger partial charge on any atom is 0.311 e. The molecule has 15 heavy (non-hydrogen) atoms. The summed E-state index contributed by atoms with van der Waals surface area (Å²) in [7, 11) is 0. The Balaban J connectivity index is 3.12. The molecule has 0 saturated carbocycles. The zero-order valence-corrected chi connectivity index (χ0v) is 10.1. The molecule has 0 amide bonds. The highest BCUT2D eigenvalue weighted by Gasteiger charge is 2.24. The summed E-state index contributed by atoms with van der Waals surface area (Å²) < 4.78 is 13.6. The molecule has 0 saturated heterocycles. The summed E-state index contributed by atoms with van der Waals surface area (Å²) in [6.45, 7) is 3.61. The molecule has 4 heteroatoms. The first kappa shape index (κ1) is 12.2. The van der Waals surface area contributed by atoms with Crippen LogP contribution in [0.15, 0.2) is 22.7 Å². The van der Waals surface area contributed by atoms with Crippen molar-refractivity contribution in [2.45, 2.75) is 19.8 Å². The van der Waals surface area contributed by atoms with Crippen LogP contribution in [-0.4, -0.2) is 11.1 Å². The summed E-state index contributed by atoms with van der Waals surface area (Å²) in [5, 5.41) is 9.02. The van der Waals surface area contributed by atoms with E-state index in [4.69, 9.17) is 5.11 Å². The largest absolute Gasteiger partial charge is 0.481 e. The molecule has 2 nitrogen and oxygen atoms in total. The average molecular weight is 275 g/mol. The number of carboxylic acids is 1. The van der Waals surface area contributed by atoms with Crippen molar-refractivity contribution in [2.24, 2.45) is 5.92 Å². The first-order valence-electron chi connectivity index (χ1n) is 4.61. The van der Waals surface area contributed by atoms with Crippen LogP contribution < -0.4 is 0 Å². The van der Waals surface area contributed by atoms with Gasteiger partial charge in [-0.05, 0) is 39.5 Å². The highest BCUT2D eigenvalue weighted by atomic mass is 79.9.